The lowest BCUT2D eigenvalue weighted by atomic mass is 9.97. The second-order valence-electron chi connectivity index (χ2n) is 11.9. The Balaban J connectivity index is 1.46. The van der Waals surface area contributed by atoms with Gasteiger partial charge in [0, 0.05) is 43.9 Å². The molecule has 1 amide bonds. The number of carbonyl (C=O) groups excluding carboxylic acids is 2. The molecule has 4 heterocycles. The van der Waals surface area contributed by atoms with Crippen LogP contribution in [0, 0.1) is 19.7 Å². The first-order valence-corrected chi connectivity index (χ1v) is 14.8. The van der Waals surface area contributed by atoms with Gasteiger partial charge in [-0.2, -0.15) is 0 Å². The number of hydrogen-bond donors (Lipinski definition) is 0. The molecule has 1 fully saturated rings. The van der Waals surface area contributed by atoms with E-state index in [2.05, 4.69) is 4.90 Å². The standard InChI is InChI=1S/C33H37ClFN5O4/c1-19-14-28(36-21(3)29(19)32(42)44-7)38-12-13-40(33(4,5)18-38)31(41)27-11-9-23-24(22-8-10-25(34)26(35)15-22)16-39(30(23)37-27)20(2)17-43-6/h8-11,14-16,20H,12-13,17-18H2,1-7H3/t20-/m1/s1. The first kappa shape index (κ1) is 31.4. The first-order valence-electron chi connectivity index (χ1n) is 14.5. The highest BCUT2D eigenvalue weighted by molar-refractivity contribution is 6.30. The van der Waals surface area contributed by atoms with Crippen molar-refractivity contribution in [1.29, 1.82) is 0 Å². The van der Waals surface area contributed by atoms with Crippen LogP contribution in [0.15, 0.2) is 42.6 Å². The van der Waals surface area contributed by atoms with Crippen LogP contribution in [0.25, 0.3) is 22.2 Å². The van der Waals surface area contributed by atoms with Crippen LogP contribution in [0.2, 0.25) is 5.02 Å². The Labute approximate surface area is 261 Å². The van der Waals surface area contributed by atoms with E-state index < -0.39 is 17.3 Å². The fourth-order valence-corrected chi connectivity index (χ4v) is 6.16. The molecule has 1 aliphatic heterocycles. The summed E-state index contributed by atoms with van der Waals surface area (Å²) in [5.41, 5.74) is 3.71. The SMILES string of the molecule is COC[C@@H](C)n1cc(-c2ccc(Cl)c(F)c2)c2ccc(C(=O)N3CCN(c4cc(C)c(C(=O)OC)c(C)n4)CC3(C)C)nc21. The van der Waals surface area contributed by atoms with Crippen molar-refractivity contribution >= 4 is 40.3 Å². The summed E-state index contributed by atoms with van der Waals surface area (Å²) >= 11 is 5.94. The molecule has 4 aromatic rings. The van der Waals surface area contributed by atoms with Gasteiger partial charge in [-0.3, -0.25) is 4.79 Å². The molecule has 5 rings (SSSR count). The van der Waals surface area contributed by atoms with Crippen LogP contribution in [0.3, 0.4) is 0 Å². The van der Waals surface area contributed by atoms with Crippen LogP contribution >= 0.6 is 11.6 Å². The number of amides is 1. The van der Waals surface area contributed by atoms with E-state index in [-0.39, 0.29) is 17.0 Å². The molecule has 44 heavy (non-hydrogen) atoms. The van der Waals surface area contributed by atoms with E-state index >= 15 is 0 Å². The van der Waals surface area contributed by atoms with Crippen molar-refractivity contribution in [2.75, 3.05) is 45.4 Å². The molecule has 0 bridgehead atoms. The minimum Gasteiger partial charge on any atom is -0.465 e. The predicted octanol–water partition coefficient (Wildman–Crippen LogP) is 6.24. The molecule has 0 unspecified atom stereocenters. The molecule has 9 nitrogen and oxygen atoms in total. The van der Waals surface area contributed by atoms with Crippen LogP contribution in [0.4, 0.5) is 10.2 Å². The van der Waals surface area contributed by atoms with Gasteiger partial charge in [0.05, 0.1) is 41.6 Å². The smallest absolute Gasteiger partial charge is 0.339 e. The Bertz CT molecular complexity index is 1730. The summed E-state index contributed by atoms with van der Waals surface area (Å²) in [6.45, 7) is 11.7. The van der Waals surface area contributed by atoms with Crippen LogP contribution in [-0.2, 0) is 9.47 Å². The fraction of sp³-hybridized carbons (Fsp3) is 0.394. The molecule has 1 saturated heterocycles. The Morgan fingerprint density at radius 1 is 1.09 bits per heavy atom. The third-order valence-corrected chi connectivity index (χ3v) is 8.56. The van der Waals surface area contributed by atoms with Gasteiger partial charge in [-0.15, -0.1) is 0 Å². The molecular weight excluding hydrogens is 585 g/mol. The zero-order valence-electron chi connectivity index (χ0n) is 26.1. The molecule has 232 valence electrons. The van der Waals surface area contributed by atoms with E-state index in [1.54, 1.807) is 26.2 Å². The van der Waals surface area contributed by atoms with E-state index in [9.17, 15) is 14.0 Å². The van der Waals surface area contributed by atoms with E-state index in [1.165, 1.54) is 19.2 Å². The topological polar surface area (TPSA) is 89.8 Å². The number of pyridine rings is 2. The van der Waals surface area contributed by atoms with Crippen molar-refractivity contribution in [2.45, 2.75) is 46.2 Å². The van der Waals surface area contributed by atoms with Crippen LogP contribution in [0.1, 0.15) is 58.9 Å². The number of aryl methyl sites for hydroxylation is 2. The number of methoxy groups -OCH3 is 2. The molecule has 0 spiro atoms. The quantitative estimate of drug-likeness (QED) is 0.226. The van der Waals surface area contributed by atoms with Crippen molar-refractivity contribution < 1.29 is 23.5 Å². The fourth-order valence-electron chi connectivity index (χ4n) is 6.04. The summed E-state index contributed by atoms with van der Waals surface area (Å²) in [5, 5.41) is 0.848. The summed E-state index contributed by atoms with van der Waals surface area (Å²) in [6.07, 6.45) is 1.92. The highest BCUT2D eigenvalue weighted by atomic mass is 35.5. The van der Waals surface area contributed by atoms with E-state index in [1.807, 2.05) is 55.5 Å². The summed E-state index contributed by atoms with van der Waals surface area (Å²) in [6, 6.07) is 10.1. The Morgan fingerprint density at radius 2 is 1.84 bits per heavy atom. The maximum Gasteiger partial charge on any atom is 0.339 e. The van der Waals surface area contributed by atoms with Crippen molar-refractivity contribution in [3.63, 3.8) is 0 Å². The number of nitrogens with zero attached hydrogens (tertiary/aromatic N) is 5. The third kappa shape index (κ3) is 5.76. The summed E-state index contributed by atoms with van der Waals surface area (Å²) < 4.78 is 26.7. The van der Waals surface area contributed by atoms with Crippen molar-refractivity contribution in [1.82, 2.24) is 19.4 Å². The number of aromatic nitrogens is 3. The second kappa shape index (κ2) is 12.2. The number of fused-ring (bicyclic) bond motifs is 1. The minimum absolute atomic E-state index is 0.0539. The van der Waals surface area contributed by atoms with Gasteiger partial charge in [-0.25, -0.2) is 19.2 Å². The highest BCUT2D eigenvalue weighted by Crippen LogP contribution is 2.34. The number of piperazine rings is 1. The second-order valence-corrected chi connectivity index (χ2v) is 12.3. The molecule has 0 aliphatic carbocycles. The van der Waals surface area contributed by atoms with Gasteiger partial charge in [-0.05, 0) is 76.1 Å². The maximum absolute atomic E-state index is 14.4. The number of carbonyl (C=O) groups is 2. The Hall–Kier alpha value is -4.02. The largest absolute Gasteiger partial charge is 0.465 e. The van der Waals surface area contributed by atoms with Crippen LogP contribution in [0.5, 0.6) is 0 Å². The van der Waals surface area contributed by atoms with Gasteiger partial charge in [0.1, 0.15) is 23.0 Å². The zero-order chi connectivity index (χ0) is 31.9. The van der Waals surface area contributed by atoms with Gasteiger partial charge < -0.3 is 23.8 Å². The Kier molecular flexibility index (Phi) is 8.68. The third-order valence-electron chi connectivity index (χ3n) is 8.26. The molecule has 11 heteroatoms. The zero-order valence-corrected chi connectivity index (χ0v) is 26.8. The minimum atomic E-state index is -0.548. The van der Waals surface area contributed by atoms with Gasteiger partial charge >= 0.3 is 5.97 Å². The molecular formula is C33H37ClFN5O4. The number of esters is 1. The Morgan fingerprint density at radius 3 is 2.48 bits per heavy atom. The first-order chi connectivity index (χ1) is 20.9. The van der Waals surface area contributed by atoms with Crippen molar-refractivity contribution in [3.05, 3.63) is 75.9 Å². The molecule has 1 aromatic carbocycles. The molecule has 1 atom stereocenters. The lowest BCUT2D eigenvalue weighted by Crippen LogP contribution is -2.61. The number of benzene rings is 1. The van der Waals surface area contributed by atoms with Gasteiger partial charge in [0.15, 0.2) is 0 Å². The normalized spacial score (nSPS) is 15.5. The van der Waals surface area contributed by atoms with E-state index in [4.69, 9.17) is 31.0 Å². The maximum atomic E-state index is 14.4. The van der Waals surface area contributed by atoms with E-state index in [0.717, 1.165) is 22.3 Å². The number of ether oxygens (including phenoxy) is 2. The summed E-state index contributed by atoms with van der Waals surface area (Å²) in [7, 11) is 2.99. The van der Waals surface area contributed by atoms with Gasteiger partial charge in [0.2, 0.25) is 0 Å². The van der Waals surface area contributed by atoms with Gasteiger partial charge in [-0.1, -0.05) is 17.7 Å². The average Bonchev–Trinajstić information content (AvgIpc) is 3.36. The number of halogens is 2. The molecule has 0 N–H and O–H groups in total. The number of rotatable bonds is 7. The molecule has 1 aliphatic rings. The lowest BCUT2D eigenvalue weighted by molar-refractivity contribution is 0.0506. The summed E-state index contributed by atoms with van der Waals surface area (Å²) in [4.78, 5) is 39.8. The monoisotopic (exact) mass is 621 g/mol. The average molecular weight is 622 g/mol. The molecule has 3 aromatic heterocycles. The van der Waals surface area contributed by atoms with Crippen molar-refractivity contribution in [2.24, 2.45) is 0 Å². The van der Waals surface area contributed by atoms with Crippen LogP contribution < -0.4 is 4.90 Å². The predicted molar refractivity (Wildman–Crippen MR) is 169 cm³/mol. The number of anilines is 1. The summed E-state index contributed by atoms with van der Waals surface area (Å²) in [5.74, 6) is -0.335. The molecule has 0 radical (unpaired) electrons. The molecule has 0 saturated carbocycles. The van der Waals surface area contributed by atoms with Crippen molar-refractivity contribution in [3.8, 4) is 11.1 Å². The van der Waals surface area contributed by atoms with Gasteiger partial charge in [0.25, 0.3) is 5.91 Å². The number of hydrogen-bond acceptors (Lipinski definition) is 7. The highest BCUT2D eigenvalue weighted by Gasteiger charge is 2.38. The lowest BCUT2D eigenvalue weighted by Gasteiger charge is -2.47. The van der Waals surface area contributed by atoms with E-state index in [0.29, 0.717) is 54.4 Å². The van der Waals surface area contributed by atoms with Crippen LogP contribution in [-0.4, -0.2) is 77.3 Å².